The van der Waals surface area contributed by atoms with E-state index in [2.05, 4.69) is 27.1 Å². The summed E-state index contributed by atoms with van der Waals surface area (Å²) in [6, 6.07) is 29.8. The van der Waals surface area contributed by atoms with Crippen LogP contribution in [0.15, 0.2) is 102 Å². The van der Waals surface area contributed by atoms with Crippen LogP contribution >= 0.6 is 0 Å². The molecule has 0 bridgehead atoms. The maximum Gasteiger partial charge on any atom is 0.261 e. The van der Waals surface area contributed by atoms with Gasteiger partial charge < -0.3 is 5.32 Å². The van der Waals surface area contributed by atoms with Crippen molar-refractivity contribution in [2.75, 3.05) is 23.1 Å². The zero-order valence-electron chi connectivity index (χ0n) is 19.9. The Morgan fingerprint density at radius 1 is 0.806 bits per heavy atom. The number of carbonyl (C=O) groups is 1. The fourth-order valence-corrected chi connectivity index (χ4v) is 5.75. The van der Waals surface area contributed by atoms with Crippen molar-refractivity contribution in [1.29, 1.82) is 0 Å². The zero-order chi connectivity index (χ0) is 25.0. The fourth-order valence-electron chi connectivity index (χ4n) is 4.67. The molecule has 0 aliphatic carbocycles. The summed E-state index contributed by atoms with van der Waals surface area (Å²) in [5, 5.41) is 4.75. The van der Waals surface area contributed by atoms with Crippen molar-refractivity contribution in [3.63, 3.8) is 0 Å². The van der Waals surface area contributed by atoms with E-state index in [-0.39, 0.29) is 16.7 Å². The Labute approximate surface area is 212 Å². The second kappa shape index (κ2) is 10.5. The van der Waals surface area contributed by atoms with Crippen molar-refractivity contribution in [2.45, 2.75) is 24.3 Å². The van der Waals surface area contributed by atoms with E-state index in [0.717, 1.165) is 43.2 Å². The highest BCUT2D eigenvalue weighted by Crippen LogP contribution is 2.26. The van der Waals surface area contributed by atoms with Crippen LogP contribution in [0.5, 0.6) is 0 Å². The Bertz CT molecular complexity index is 1440. The predicted molar refractivity (Wildman–Crippen MR) is 144 cm³/mol. The highest BCUT2D eigenvalue weighted by atomic mass is 32.2. The lowest BCUT2D eigenvalue weighted by atomic mass is 9.95. The van der Waals surface area contributed by atoms with Crippen LogP contribution < -0.4 is 10.0 Å². The van der Waals surface area contributed by atoms with E-state index >= 15 is 0 Å². The van der Waals surface area contributed by atoms with Crippen LogP contribution in [0.4, 0.5) is 11.4 Å². The molecular weight excluding hydrogens is 470 g/mol. The molecule has 36 heavy (non-hydrogen) atoms. The summed E-state index contributed by atoms with van der Waals surface area (Å²) in [5.41, 5.74) is 2.41. The number of fused-ring (bicyclic) bond motifs is 1. The Balaban J connectivity index is 1.18. The third-order valence-corrected chi connectivity index (χ3v) is 8.05. The van der Waals surface area contributed by atoms with Gasteiger partial charge in [-0.1, -0.05) is 66.7 Å². The van der Waals surface area contributed by atoms with Gasteiger partial charge in [0, 0.05) is 23.5 Å². The lowest BCUT2D eigenvalue weighted by Crippen LogP contribution is -2.37. The molecule has 7 heteroatoms. The van der Waals surface area contributed by atoms with Crippen LogP contribution in [-0.2, 0) is 21.4 Å². The van der Waals surface area contributed by atoms with Gasteiger partial charge in [0.1, 0.15) is 0 Å². The number of nitrogens with zero attached hydrogens (tertiary/aromatic N) is 1. The topological polar surface area (TPSA) is 78.5 Å². The van der Waals surface area contributed by atoms with Crippen LogP contribution in [0, 0.1) is 5.92 Å². The molecule has 1 heterocycles. The molecule has 1 fully saturated rings. The Morgan fingerprint density at radius 3 is 2.22 bits per heavy atom. The maximum absolute atomic E-state index is 13.0. The minimum absolute atomic E-state index is 0.0150. The Morgan fingerprint density at radius 2 is 1.47 bits per heavy atom. The number of hydrogen-bond acceptors (Lipinski definition) is 4. The molecule has 184 valence electrons. The molecule has 6 nitrogen and oxygen atoms in total. The van der Waals surface area contributed by atoms with Gasteiger partial charge in [0.15, 0.2) is 0 Å². The number of hydrogen-bond donors (Lipinski definition) is 2. The third kappa shape index (κ3) is 5.58. The first kappa shape index (κ1) is 24.0. The third-order valence-electron chi connectivity index (χ3n) is 6.67. The molecular formula is C29H29N3O3S. The molecule has 1 saturated heterocycles. The molecule has 0 unspecified atom stereocenters. The zero-order valence-corrected chi connectivity index (χ0v) is 20.7. The van der Waals surface area contributed by atoms with Crippen molar-refractivity contribution >= 4 is 38.1 Å². The highest BCUT2D eigenvalue weighted by Gasteiger charge is 2.25. The number of anilines is 2. The summed E-state index contributed by atoms with van der Waals surface area (Å²) in [7, 11) is -3.77. The SMILES string of the molecule is O=C(Nc1ccc(S(=O)(=O)Nc2cccc3ccccc23)cc1)C1CCN(Cc2ccccc2)CC1. The van der Waals surface area contributed by atoms with Gasteiger partial charge in [-0.25, -0.2) is 8.42 Å². The van der Waals surface area contributed by atoms with Gasteiger partial charge in [0.05, 0.1) is 10.6 Å². The van der Waals surface area contributed by atoms with Crippen molar-refractivity contribution in [3.8, 4) is 0 Å². The first-order chi connectivity index (χ1) is 17.5. The number of carbonyl (C=O) groups excluding carboxylic acids is 1. The first-order valence-electron chi connectivity index (χ1n) is 12.2. The van der Waals surface area contributed by atoms with Crippen LogP contribution in [0.2, 0.25) is 0 Å². The van der Waals surface area contributed by atoms with Gasteiger partial charge in [0.25, 0.3) is 10.0 Å². The normalized spacial score (nSPS) is 15.0. The molecule has 5 rings (SSSR count). The fraction of sp³-hybridized carbons (Fsp3) is 0.207. The van der Waals surface area contributed by atoms with Crippen LogP contribution in [0.1, 0.15) is 18.4 Å². The number of rotatable bonds is 7. The molecule has 0 saturated carbocycles. The summed E-state index contributed by atoms with van der Waals surface area (Å²) < 4.78 is 28.7. The standard InChI is InChI=1S/C29H29N3O3S/c33-29(24-17-19-32(20-18-24)21-22-7-2-1-3-8-22)30-25-13-15-26(16-14-25)36(34,35)31-28-12-6-10-23-9-4-5-11-27(23)28/h1-16,24,31H,17-21H2,(H,30,33). The van der Waals surface area contributed by atoms with E-state index in [1.807, 2.05) is 54.6 Å². The van der Waals surface area contributed by atoms with Crippen molar-refractivity contribution in [1.82, 2.24) is 4.90 Å². The molecule has 2 N–H and O–H groups in total. The van der Waals surface area contributed by atoms with E-state index in [1.54, 1.807) is 18.2 Å². The van der Waals surface area contributed by atoms with Gasteiger partial charge in [-0.15, -0.1) is 0 Å². The van der Waals surface area contributed by atoms with E-state index < -0.39 is 10.0 Å². The van der Waals surface area contributed by atoms with Gasteiger partial charge in [-0.2, -0.15) is 0 Å². The number of likely N-dealkylation sites (tertiary alicyclic amines) is 1. The van der Waals surface area contributed by atoms with Gasteiger partial charge >= 0.3 is 0 Å². The summed E-state index contributed by atoms with van der Waals surface area (Å²) in [4.78, 5) is 15.3. The lowest BCUT2D eigenvalue weighted by Gasteiger charge is -2.31. The maximum atomic E-state index is 13.0. The second-order valence-electron chi connectivity index (χ2n) is 9.18. The molecule has 0 aromatic heterocycles. The largest absolute Gasteiger partial charge is 0.326 e. The molecule has 0 atom stereocenters. The average molecular weight is 500 g/mol. The molecule has 0 radical (unpaired) electrons. The molecule has 0 spiro atoms. The molecule has 1 aliphatic rings. The molecule has 1 amide bonds. The van der Waals surface area contributed by atoms with Crippen LogP contribution in [-0.4, -0.2) is 32.3 Å². The summed E-state index contributed by atoms with van der Waals surface area (Å²) >= 11 is 0. The van der Waals surface area contributed by atoms with Crippen molar-refractivity contribution in [3.05, 3.63) is 103 Å². The quantitative estimate of drug-likeness (QED) is 0.352. The van der Waals surface area contributed by atoms with Crippen LogP contribution in [0.25, 0.3) is 10.8 Å². The second-order valence-corrected chi connectivity index (χ2v) is 10.9. The minimum atomic E-state index is -3.77. The highest BCUT2D eigenvalue weighted by molar-refractivity contribution is 7.92. The minimum Gasteiger partial charge on any atom is -0.326 e. The summed E-state index contributed by atoms with van der Waals surface area (Å²) in [5.74, 6) is -0.0627. The first-order valence-corrected chi connectivity index (χ1v) is 13.6. The predicted octanol–water partition coefficient (Wildman–Crippen LogP) is 5.49. The van der Waals surface area contributed by atoms with Gasteiger partial charge in [-0.05, 0) is 67.2 Å². The Kier molecular flexibility index (Phi) is 7.02. The summed E-state index contributed by atoms with van der Waals surface area (Å²) in [6.07, 6.45) is 1.61. The Hall–Kier alpha value is -3.68. The van der Waals surface area contributed by atoms with E-state index in [1.165, 1.54) is 17.7 Å². The lowest BCUT2D eigenvalue weighted by molar-refractivity contribution is -0.121. The van der Waals surface area contributed by atoms with E-state index in [4.69, 9.17) is 0 Å². The monoisotopic (exact) mass is 499 g/mol. The van der Waals surface area contributed by atoms with E-state index in [0.29, 0.717) is 11.4 Å². The molecule has 4 aromatic rings. The summed E-state index contributed by atoms with van der Waals surface area (Å²) in [6.45, 7) is 2.66. The number of piperidine rings is 1. The van der Waals surface area contributed by atoms with Gasteiger partial charge in [-0.3, -0.25) is 14.4 Å². The number of amides is 1. The number of nitrogens with one attached hydrogen (secondary N) is 2. The molecule has 1 aliphatic heterocycles. The number of benzene rings is 4. The average Bonchev–Trinajstić information content (AvgIpc) is 2.90. The van der Waals surface area contributed by atoms with Crippen molar-refractivity contribution in [2.24, 2.45) is 5.92 Å². The molecule has 4 aromatic carbocycles. The number of sulfonamides is 1. The van der Waals surface area contributed by atoms with E-state index in [9.17, 15) is 13.2 Å². The van der Waals surface area contributed by atoms with Crippen molar-refractivity contribution < 1.29 is 13.2 Å². The van der Waals surface area contributed by atoms with Gasteiger partial charge in [0.2, 0.25) is 5.91 Å². The smallest absolute Gasteiger partial charge is 0.261 e. The van der Waals surface area contributed by atoms with Crippen LogP contribution in [0.3, 0.4) is 0 Å².